The molecule has 1 heterocycles. The van der Waals surface area contributed by atoms with Crippen LogP contribution in [0.2, 0.25) is 0 Å². The molecule has 0 fully saturated rings. The number of hydrogen-bond acceptors (Lipinski definition) is 6. The molecule has 1 aromatic rings. The van der Waals surface area contributed by atoms with Crippen LogP contribution in [0.15, 0.2) is 4.63 Å². The number of carbonyl (C=O) groups excluding carboxylic acids is 1. The number of nitrogen functional groups attached to an aromatic ring is 1. The van der Waals surface area contributed by atoms with Gasteiger partial charge in [-0.25, -0.2) is 4.63 Å². The molecule has 0 aliphatic rings. The molecule has 0 atom stereocenters. The number of aromatic nitrogens is 2. The first kappa shape index (κ1) is 9.46. The van der Waals surface area contributed by atoms with Gasteiger partial charge >= 0.3 is 0 Å². The number of anilines is 1. The van der Waals surface area contributed by atoms with Crippen LogP contribution in [-0.4, -0.2) is 41.3 Å². The van der Waals surface area contributed by atoms with Crippen molar-refractivity contribution in [2.24, 2.45) is 5.73 Å². The number of likely N-dealkylation sites (N-methyl/N-ethyl adjacent to an activating group) is 1. The highest BCUT2D eigenvalue weighted by Gasteiger charge is 2.19. The molecule has 0 saturated heterocycles. The molecule has 0 unspecified atom stereocenters. The van der Waals surface area contributed by atoms with E-state index >= 15 is 0 Å². The van der Waals surface area contributed by atoms with Crippen LogP contribution in [0.25, 0.3) is 0 Å². The molecule has 13 heavy (non-hydrogen) atoms. The minimum Gasteiger partial charge on any atom is -0.379 e. The summed E-state index contributed by atoms with van der Waals surface area (Å²) in [7, 11) is 1.60. The van der Waals surface area contributed by atoms with Crippen molar-refractivity contribution in [1.82, 2.24) is 15.2 Å². The molecular weight excluding hydrogens is 174 g/mol. The Bertz CT molecular complexity index is 297. The normalized spacial score (nSPS) is 10.0. The van der Waals surface area contributed by atoms with Gasteiger partial charge in [-0.15, -0.1) is 0 Å². The minimum atomic E-state index is -0.343. The molecule has 0 aromatic carbocycles. The summed E-state index contributed by atoms with van der Waals surface area (Å²) in [5.41, 5.74) is 10.6. The van der Waals surface area contributed by atoms with Crippen molar-refractivity contribution in [3.63, 3.8) is 0 Å². The number of carbonyl (C=O) groups is 1. The van der Waals surface area contributed by atoms with Crippen LogP contribution in [-0.2, 0) is 0 Å². The van der Waals surface area contributed by atoms with Gasteiger partial charge in [0.05, 0.1) is 0 Å². The van der Waals surface area contributed by atoms with Crippen molar-refractivity contribution in [1.29, 1.82) is 0 Å². The fourth-order valence-corrected chi connectivity index (χ4v) is 0.820. The first-order chi connectivity index (χ1) is 6.16. The lowest BCUT2D eigenvalue weighted by atomic mass is 10.3. The van der Waals surface area contributed by atoms with Crippen LogP contribution in [0.3, 0.4) is 0 Å². The average Bonchev–Trinajstić information content (AvgIpc) is 2.50. The number of hydrogen-bond donors (Lipinski definition) is 2. The Morgan fingerprint density at radius 2 is 2.31 bits per heavy atom. The van der Waals surface area contributed by atoms with Gasteiger partial charge < -0.3 is 16.4 Å². The summed E-state index contributed by atoms with van der Waals surface area (Å²) >= 11 is 0. The van der Waals surface area contributed by atoms with Gasteiger partial charge in [-0.1, -0.05) is 0 Å². The van der Waals surface area contributed by atoms with Gasteiger partial charge in [0.25, 0.3) is 5.91 Å². The highest BCUT2D eigenvalue weighted by molar-refractivity contribution is 5.95. The van der Waals surface area contributed by atoms with Crippen LogP contribution in [0.1, 0.15) is 10.5 Å². The molecule has 0 radical (unpaired) electrons. The fraction of sp³-hybridized carbons (Fsp3) is 0.500. The Kier molecular flexibility index (Phi) is 2.80. The van der Waals surface area contributed by atoms with E-state index in [1.54, 1.807) is 7.05 Å². The molecule has 0 aliphatic heterocycles. The lowest BCUT2D eigenvalue weighted by Crippen LogP contribution is -2.32. The van der Waals surface area contributed by atoms with E-state index in [4.69, 9.17) is 11.5 Å². The van der Waals surface area contributed by atoms with Gasteiger partial charge in [-0.3, -0.25) is 4.79 Å². The van der Waals surface area contributed by atoms with Crippen molar-refractivity contribution in [3.8, 4) is 0 Å². The zero-order valence-electron chi connectivity index (χ0n) is 7.23. The maximum absolute atomic E-state index is 11.4. The third-order valence-corrected chi connectivity index (χ3v) is 1.53. The smallest absolute Gasteiger partial charge is 0.279 e. The van der Waals surface area contributed by atoms with Crippen molar-refractivity contribution in [2.45, 2.75) is 0 Å². The largest absolute Gasteiger partial charge is 0.379 e. The predicted octanol–water partition coefficient (Wildman–Crippen LogP) is -1.32. The number of amides is 1. The van der Waals surface area contributed by atoms with Crippen molar-refractivity contribution in [2.75, 3.05) is 25.9 Å². The number of rotatable bonds is 3. The van der Waals surface area contributed by atoms with E-state index in [1.807, 2.05) is 0 Å². The summed E-state index contributed by atoms with van der Waals surface area (Å²) in [6.07, 6.45) is 0. The summed E-state index contributed by atoms with van der Waals surface area (Å²) in [4.78, 5) is 12.8. The molecule has 1 amide bonds. The number of nitrogens with two attached hydrogens (primary N) is 2. The lowest BCUT2D eigenvalue weighted by molar-refractivity contribution is 0.0788. The van der Waals surface area contributed by atoms with Gasteiger partial charge in [0.1, 0.15) is 0 Å². The SMILES string of the molecule is CN(CCN)C(=O)c1nonc1N. The Labute approximate surface area is 74.6 Å². The average molecular weight is 185 g/mol. The van der Waals surface area contributed by atoms with E-state index in [-0.39, 0.29) is 17.4 Å². The first-order valence-electron chi connectivity index (χ1n) is 3.70. The Morgan fingerprint density at radius 1 is 1.62 bits per heavy atom. The van der Waals surface area contributed by atoms with Crippen molar-refractivity contribution < 1.29 is 9.42 Å². The van der Waals surface area contributed by atoms with E-state index in [2.05, 4.69) is 14.9 Å². The van der Waals surface area contributed by atoms with Gasteiger partial charge in [0.2, 0.25) is 11.5 Å². The Morgan fingerprint density at radius 3 is 2.77 bits per heavy atom. The van der Waals surface area contributed by atoms with E-state index in [1.165, 1.54) is 4.90 Å². The van der Waals surface area contributed by atoms with Gasteiger partial charge in [0.15, 0.2) is 0 Å². The Balaban J connectivity index is 2.73. The van der Waals surface area contributed by atoms with E-state index in [0.29, 0.717) is 13.1 Å². The fourth-order valence-electron chi connectivity index (χ4n) is 0.820. The van der Waals surface area contributed by atoms with Gasteiger partial charge in [0, 0.05) is 20.1 Å². The molecule has 4 N–H and O–H groups in total. The van der Waals surface area contributed by atoms with Gasteiger partial charge in [-0.05, 0) is 10.3 Å². The molecule has 72 valence electrons. The summed E-state index contributed by atoms with van der Waals surface area (Å²) in [6.45, 7) is 0.818. The summed E-state index contributed by atoms with van der Waals surface area (Å²) in [5.74, 6) is -0.349. The molecule has 1 aromatic heterocycles. The van der Waals surface area contributed by atoms with E-state index in [9.17, 15) is 4.79 Å². The molecule has 0 bridgehead atoms. The third-order valence-electron chi connectivity index (χ3n) is 1.53. The van der Waals surface area contributed by atoms with E-state index < -0.39 is 0 Å². The van der Waals surface area contributed by atoms with Crippen molar-refractivity contribution >= 4 is 11.7 Å². The maximum Gasteiger partial charge on any atom is 0.279 e. The standard InChI is InChI=1S/C6H11N5O2/c1-11(3-2-7)6(12)4-5(8)10-13-9-4/h2-3,7H2,1H3,(H2,8,10). The molecule has 0 saturated carbocycles. The zero-order valence-corrected chi connectivity index (χ0v) is 7.23. The van der Waals surface area contributed by atoms with Crippen LogP contribution < -0.4 is 11.5 Å². The second-order valence-corrected chi connectivity index (χ2v) is 2.51. The molecule has 0 aliphatic carbocycles. The van der Waals surface area contributed by atoms with Crippen LogP contribution >= 0.6 is 0 Å². The predicted molar refractivity (Wildman–Crippen MR) is 44.7 cm³/mol. The summed E-state index contributed by atoms with van der Waals surface area (Å²) < 4.78 is 4.29. The Hall–Kier alpha value is -1.63. The summed E-state index contributed by atoms with van der Waals surface area (Å²) in [5, 5.41) is 6.67. The quantitative estimate of drug-likeness (QED) is 0.604. The molecule has 7 heteroatoms. The zero-order chi connectivity index (χ0) is 9.84. The highest BCUT2D eigenvalue weighted by Crippen LogP contribution is 2.06. The van der Waals surface area contributed by atoms with Gasteiger partial charge in [-0.2, -0.15) is 0 Å². The van der Waals surface area contributed by atoms with Crippen LogP contribution in [0.5, 0.6) is 0 Å². The van der Waals surface area contributed by atoms with Crippen molar-refractivity contribution in [3.05, 3.63) is 5.69 Å². The molecule has 7 nitrogen and oxygen atoms in total. The first-order valence-corrected chi connectivity index (χ1v) is 3.70. The minimum absolute atomic E-state index is 0.00567. The topological polar surface area (TPSA) is 111 Å². The highest BCUT2D eigenvalue weighted by atomic mass is 16.6. The molecule has 0 spiro atoms. The molecule has 1 rings (SSSR count). The lowest BCUT2D eigenvalue weighted by Gasteiger charge is -2.13. The summed E-state index contributed by atoms with van der Waals surface area (Å²) in [6, 6.07) is 0. The second-order valence-electron chi connectivity index (χ2n) is 2.51. The number of nitrogens with zero attached hydrogens (tertiary/aromatic N) is 3. The maximum atomic E-state index is 11.4. The van der Waals surface area contributed by atoms with Crippen LogP contribution in [0.4, 0.5) is 5.82 Å². The van der Waals surface area contributed by atoms with Crippen LogP contribution in [0, 0.1) is 0 Å². The second kappa shape index (κ2) is 3.85. The third kappa shape index (κ3) is 1.94. The van der Waals surface area contributed by atoms with E-state index in [0.717, 1.165) is 0 Å². The monoisotopic (exact) mass is 185 g/mol. The molecular formula is C6H11N5O2.